The van der Waals surface area contributed by atoms with Gasteiger partial charge in [0.05, 0.1) is 0 Å². The quantitative estimate of drug-likeness (QED) is 0.241. The van der Waals surface area contributed by atoms with E-state index in [2.05, 4.69) is 67.8 Å². The molecule has 0 bridgehead atoms. The van der Waals surface area contributed by atoms with Crippen molar-refractivity contribution in [1.82, 2.24) is 0 Å². The largest absolute Gasteiger partial charge is 0.379 e. The summed E-state index contributed by atoms with van der Waals surface area (Å²) < 4.78 is 0.743. The van der Waals surface area contributed by atoms with Gasteiger partial charge >= 0.3 is 0 Å². The molecule has 0 amide bonds. The van der Waals surface area contributed by atoms with Crippen molar-refractivity contribution in [2.75, 3.05) is 6.26 Å². The van der Waals surface area contributed by atoms with Gasteiger partial charge in [-0.15, -0.1) is 0 Å². The van der Waals surface area contributed by atoms with Crippen LogP contribution in [0.1, 0.15) is 0 Å². The molecule has 0 heterocycles. The molecule has 0 unspecified atom stereocenters. The average Bonchev–Trinajstić information content (AvgIpc) is 1.65. The Morgan fingerprint density at radius 2 is 1.67 bits per heavy atom. The Labute approximate surface area is 100 Å². The summed E-state index contributed by atoms with van der Waals surface area (Å²) in [4.78, 5) is 0. The lowest BCUT2D eigenvalue weighted by molar-refractivity contribution is 1.51. The average molecular weight is 484 g/mol. The van der Waals surface area contributed by atoms with Gasteiger partial charge in [0.1, 0.15) is -0.0619 Å². The van der Waals surface area contributed by atoms with Crippen molar-refractivity contribution in [3.63, 3.8) is 0 Å². The number of hydrogen-bond donors (Lipinski definition) is 2. The fourth-order valence-electron chi connectivity index (χ4n) is 0. The summed E-state index contributed by atoms with van der Waals surface area (Å²) in [6, 6.07) is 0. The zero-order valence-electron chi connectivity index (χ0n) is 4.70. The number of nitrogens with two attached hydrogens (primary N) is 1. The molecule has 0 radical (unpaired) electrons. The van der Waals surface area contributed by atoms with E-state index in [0.717, 1.165) is -0.0619 Å². The van der Waals surface area contributed by atoms with Gasteiger partial charge in [-0.2, -0.15) is 0 Å². The molecule has 3 N–H and O–H groups in total. The third-order valence-electron chi connectivity index (χ3n) is 0.220. The maximum absolute atomic E-state index is 6.48. The second-order valence-corrected chi connectivity index (χ2v) is 12.6. The molecule has 0 aromatic rings. The van der Waals surface area contributed by atoms with E-state index >= 15 is 0 Å². The Bertz CT molecular complexity index is 74.7. The summed E-state index contributed by atoms with van der Waals surface area (Å²) >= 11 is 8.19. The van der Waals surface area contributed by atoms with Crippen molar-refractivity contribution in [1.29, 1.82) is 5.41 Å². The van der Waals surface area contributed by atoms with Gasteiger partial charge in [0.25, 0.3) is 0 Å². The summed E-state index contributed by atoms with van der Waals surface area (Å²) in [5.41, 5.74) is 4.84. The molecule has 0 aliphatic carbocycles. The maximum Gasteiger partial charge on any atom is 0.150 e. The van der Waals surface area contributed by atoms with E-state index in [1.54, 1.807) is 6.26 Å². The second-order valence-electron chi connectivity index (χ2n) is 0.816. The molecule has 0 fully saturated rings. The van der Waals surface area contributed by atoms with Crippen molar-refractivity contribution in [3.8, 4) is 0 Å². The molecule has 0 rings (SSSR count). The van der Waals surface area contributed by atoms with E-state index in [4.69, 9.17) is 11.1 Å². The van der Waals surface area contributed by atoms with E-state index in [1.807, 2.05) is 0 Å². The Hall–Kier alpha value is 2.01. The number of rotatable bonds is 0. The van der Waals surface area contributed by atoms with Gasteiger partial charge in [-0.1, -0.05) is 79.5 Å². The lowest BCUT2D eigenvalue weighted by atomic mass is 11.4. The molecule has 0 aromatic carbocycles. The van der Waals surface area contributed by atoms with Crippen LogP contribution in [0.25, 0.3) is 0 Å². The number of amidine groups is 1. The third kappa shape index (κ3) is 39.9. The van der Waals surface area contributed by atoms with Crippen molar-refractivity contribution in [2.45, 2.75) is -0.0619 Å². The molecule has 0 atom stereocenters. The predicted molar refractivity (Wildman–Crippen MR) is 71.3 cm³/mol. The van der Waals surface area contributed by atoms with Gasteiger partial charge in [-0.05, 0) is 6.26 Å². The van der Waals surface area contributed by atoms with Crippen LogP contribution in [0.2, 0.25) is 0 Å². The van der Waals surface area contributed by atoms with Gasteiger partial charge in [0, 0.05) is 0 Å². The third-order valence-corrected chi connectivity index (χ3v) is 0.660. The van der Waals surface area contributed by atoms with E-state index in [1.165, 1.54) is 11.8 Å². The van der Waals surface area contributed by atoms with Crippen molar-refractivity contribution < 1.29 is 0 Å². The number of halogens is 3. The molecule has 6 heteroatoms. The number of hydrogen-bond acceptors (Lipinski definition) is 2. The van der Waals surface area contributed by atoms with Crippen LogP contribution >= 0.6 is 79.5 Å². The first-order valence-electron chi connectivity index (χ1n) is 1.81. The van der Waals surface area contributed by atoms with Gasteiger partial charge in [0.15, 0.2) is 5.17 Å². The second kappa shape index (κ2) is 10.0. The number of nitrogens with one attached hydrogen (secondary N) is 1. The van der Waals surface area contributed by atoms with Gasteiger partial charge < -0.3 is 5.73 Å². The maximum atomic E-state index is 6.48. The first-order chi connectivity index (χ1) is 4.00. The smallest absolute Gasteiger partial charge is 0.150 e. The molecule has 56 valence electrons. The SMILES string of the molecule is CSC(=N)N.IC(I)I. The molecule has 2 nitrogen and oxygen atoms in total. The van der Waals surface area contributed by atoms with E-state index in [9.17, 15) is 0 Å². The van der Waals surface area contributed by atoms with Crippen LogP contribution in [0.5, 0.6) is 0 Å². The van der Waals surface area contributed by atoms with Gasteiger partial charge in [-0.3, -0.25) is 5.41 Å². The lowest BCUT2D eigenvalue weighted by Gasteiger charge is -1.78. The van der Waals surface area contributed by atoms with Crippen LogP contribution in [0.15, 0.2) is 0 Å². The minimum atomic E-state index is 0.171. The zero-order chi connectivity index (χ0) is 7.86. The Balaban J connectivity index is 0. The zero-order valence-corrected chi connectivity index (χ0v) is 12.0. The highest BCUT2D eigenvalue weighted by Crippen LogP contribution is 2.16. The first kappa shape index (κ1) is 13.6. The number of thioether (sulfide) groups is 1. The Morgan fingerprint density at radius 1 is 1.56 bits per heavy atom. The monoisotopic (exact) mass is 484 g/mol. The van der Waals surface area contributed by atoms with Crippen molar-refractivity contribution in [2.24, 2.45) is 5.73 Å². The Kier molecular flexibility index (Phi) is 15.1. The van der Waals surface area contributed by atoms with Crippen LogP contribution in [0.4, 0.5) is 0 Å². The summed E-state index contributed by atoms with van der Waals surface area (Å²) in [6.45, 7) is 0. The van der Waals surface area contributed by atoms with E-state index in [-0.39, 0.29) is 5.17 Å². The van der Waals surface area contributed by atoms with Gasteiger partial charge in [0.2, 0.25) is 0 Å². The molecule has 0 aliphatic heterocycles. The number of alkyl halides is 3. The van der Waals surface area contributed by atoms with Crippen LogP contribution in [-0.4, -0.2) is 11.4 Å². The fraction of sp³-hybridized carbons (Fsp3) is 0.667. The minimum Gasteiger partial charge on any atom is -0.379 e. The molecular formula is C3H7I3N2S. The van der Waals surface area contributed by atoms with Crippen LogP contribution < -0.4 is 5.73 Å². The van der Waals surface area contributed by atoms with Crippen LogP contribution in [0, 0.1) is 5.41 Å². The molecule has 0 aromatic heterocycles. The molecular weight excluding hydrogens is 477 g/mol. The van der Waals surface area contributed by atoms with Crippen LogP contribution in [0.3, 0.4) is 0 Å². The van der Waals surface area contributed by atoms with Gasteiger partial charge in [-0.25, -0.2) is 0 Å². The summed E-state index contributed by atoms with van der Waals surface area (Å²) in [7, 11) is 0. The molecule has 9 heavy (non-hydrogen) atoms. The highest BCUT2D eigenvalue weighted by atomic mass is 127. The normalized spacial score (nSPS) is 8.11. The van der Waals surface area contributed by atoms with E-state index < -0.39 is 0 Å². The van der Waals surface area contributed by atoms with E-state index in [0.29, 0.717) is 0 Å². The summed E-state index contributed by atoms with van der Waals surface area (Å²) in [5, 5.41) is 6.66. The molecule has 0 saturated heterocycles. The molecule has 0 spiro atoms. The van der Waals surface area contributed by atoms with Crippen molar-refractivity contribution in [3.05, 3.63) is 0 Å². The summed E-state index contributed by atoms with van der Waals surface area (Å²) in [5.74, 6) is 0. The minimum absolute atomic E-state index is 0.171. The Morgan fingerprint density at radius 3 is 1.67 bits per heavy atom. The highest BCUT2D eigenvalue weighted by Gasteiger charge is 1.76. The summed E-state index contributed by atoms with van der Waals surface area (Å²) in [6.07, 6.45) is 1.77. The molecule has 0 aliphatic rings. The first-order valence-corrected chi connectivity index (χ1v) is 6.77. The molecule has 0 saturated carbocycles. The lowest BCUT2D eigenvalue weighted by Crippen LogP contribution is -2.01. The predicted octanol–water partition coefficient (Wildman–Crippen LogP) is 2.82. The van der Waals surface area contributed by atoms with Crippen molar-refractivity contribution >= 4 is 84.7 Å². The topological polar surface area (TPSA) is 49.9 Å². The highest BCUT2D eigenvalue weighted by molar-refractivity contribution is 14.3. The van der Waals surface area contributed by atoms with Crippen LogP contribution in [-0.2, 0) is 0 Å². The fourth-order valence-corrected chi connectivity index (χ4v) is 0. The standard InChI is InChI=1S/C2H6N2S.CHI3/c1-5-2(3)4;2-1(3)4/h1H3,(H3,3,4);1H.